The number of hydrogen-bond donors (Lipinski definition) is 4. The molecule has 152 valence electrons. The van der Waals surface area contributed by atoms with Gasteiger partial charge in [-0.15, -0.1) is 10.2 Å². The predicted molar refractivity (Wildman–Crippen MR) is 110 cm³/mol. The lowest BCUT2D eigenvalue weighted by atomic mass is 10.4. The fraction of sp³-hybridized carbons (Fsp3) is 0.188. The minimum Gasteiger partial charge on any atom is -0.367 e. The largest absolute Gasteiger partial charge is 0.367 e. The molecule has 0 fully saturated rings. The van der Waals surface area contributed by atoms with Crippen LogP contribution >= 0.6 is 11.3 Å². The maximum Gasteiger partial charge on any atom is 0.251 e. The molecule has 0 saturated carbocycles. The van der Waals surface area contributed by atoms with E-state index in [4.69, 9.17) is 0 Å². The zero-order valence-electron chi connectivity index (χ0n) is 15.3. The van der Waals surface area contributed by atoms with Crippen molar-refractivity contribution < 1.29 is 13.2 Å². The van der Waals surface area contributed by atoms with Crippen LogP contribution in [0.3, 0.4) is 0 Å². The van der Waals surface area contributed by atoms with Crippen LogP contribution in [0.1, 0.15) is 6.92 Å². The lowest BCUT2D eigenvalue weighted by Crippen LogP contribution is -2.28. The zero-order chi connectivity index (χ0) is 20.7. The standard InChI is InChI=1S/C16H18N8O3S2/c1-11(25)21-16-19-10-15(28-16)29(26,27)20-9-8-18-13-2-3-14(24-23-13)22-12-4-6-17-7-5-12/h2-7,10,20H,8-9H2,1H3,(H,18,23)(H,17,22,24)(H,19,21,25). The Morgan fingerprint density at radius 2 is 1.79 bits per heavy atom. The highest BCUT2D eigenvalue weighted by molar-refractivity contribution is 7.91. The van der Waals surface area contributed by atoms with Crippen LogP contribution in [0.15, 0.2) is 47.1 Å². The van der Waals surface area contributed by atoms with Crippen LogP contribution in [0.25, 0.3) is 0 Å². The summed E-state index contributed by atoms with van der Waals surface area (Å²) in [5.41, 5.74) is 0.842. The van der Waals surface area contributed by atoms with E-state index in [-0.39, 0.29) is 21.8 Å². The highest BCUT2D eigenvalue weighted by Crippen LogP contribution is 2.22. The smallest absolute Gasteiger partial charge is 0.251 e. The summed E-state index contributed by atoms with van der Waals surface area (Å²) >= 11 is 0.878. The van der Waals surface area contributed by atoms with E-state index in [0.29, 0.717) is 18.2 Å². The summed E-state index contributed by atoms with van der Waals surface area (Å²) in [6, 6.07) is 7.10. The van der Waals surface area contributed by atoms with Gasteiger partial charge in [0.1, 0.15) is 5.82 Å². The molecule has 0 bridgehead atoms. The van der Waals surface area contributed by atoms with Gasteiger partial charge < -0.3 is 16.0 Å². The molecule has 3 aromatic rings. The van der Waals surface area contributed by atoms with Crippen molar-refractivity contribution in [3.05, 3.63) is 42.9 Å². The van der Waals surface area contributed by atoms with E-state index in [0.717, 1.165) is 17.0 Å². The van der Waals surface area contributed by atoms with Crippen LogP contribution in [0.5, 0.6) is 0 Å². The molecule has 0 unspecified atom stereocenters. The van der Waals surface area contributed by atoms with Gasteiger partial charge in [-0.3, -0.25) is 9.78 Å². The second kappa shape index (κ2) is 9.36. The van der Waals surface area contributed by atoms with Crippen LogP contribution in [0.4, 0.5) is 22.5 Å². The average molecular weight is 435 g/mol. The summed E-state index contributed by atoms with van der Waals surface area (Å²) in [6.07, 6.45) is 4.53. The van der Waals surface area contributed by atoms with Crippen LogP contribution < -0.4 is 20.7 Å². The van der Waals surface area contributed by atoms with Gasteiger partial charge in [0.15, 0.2) is 15.2 Å². The molecular weight excluding hydrogens is 416 g/mol. The summed E-state index contributed by atoms with van der Waals surface area (Å²) in [5.74, 6) is 0.765. The molecule has 0 aliphatic heterocycles. The third-order valence-electron chi connectivity index (χ3n) is 3.37. The number of nitrogens with one attached hydrogen (secondary N) is 4. The molecule has 0 radical (unpaired) electrons. The van der Waals surface area contributed by atoms with Gasteiger partial charge >= 0.3 is 0 Å². The fourth-order valence-corrected chi connectivity index (χ4v) is 4.27. The van der Waals surface area contributed by atoms with Crippen LogP contribution in [0, 0.1) is 0 Å². The minimum atomic E-state index is -3.71. The Balaban J connectivity index is 1.46. The maximum atomic E-state index is 12.2. The molecule has 0 spiro atoms. The number of carbonyl (C=O) groups excluding carboxylic acids is 1. The van der Waals surface area contributed by atoms with Gasteiger partial charge in [-0.1, -0.05) is 11.3 Å². The number of thiazole rings is 1. The number of sulfonamides is 1. The third kappa shape index (κ3) is 6.17. The van der Waals surface area contributed by atoms with Crippen molar-refractivity contribution >= 4 is 49.7 Å². The van der Waals surface area contributed by atoms with Crippen molar-refractivity contribution in [1.29, 1.82) is 0 Å². The van der Waals surface area contributed by atoms with Gasteiger partial charge in [0.05, 0.1) is 6.20 Å². The molecule has 13 heteroatoms. The molecule has 0 aliphatic rings. The molecule has 0 atom stereocenters. The molecular formula is C16H18N8O3S2. The van der Waals surface area contributed by atoms with Crippen LogP contribution in [0.2, 0.25) is 0 Å². The first-order valence-electron chi connectivity index (χ1n) is 8.40. The van der Waals surface area contributed by atoms with E-state index < -0.39 is 10.0 Å². The normalized spacial score (nSPS) is 11.1. The Hall–Kier alpha value is -3.16. The molecule has 0 saturated heterocycles. The van der Waals surface area contributed by atoms with Crippen molar-refractivity contribution in [2.45, 2.75) is 11.1 Å². The first kappa shape index (κ1) is 20.6. The van der Waals surface area contributed by atoms with Crippen LogP contribution in [-0.4, -0.2) is 47.6 Å². The molecule has 11 nitrogen and oxygen atoms in total. The van der Waals surface area contributed by atoms with Gasteiger partial charge in [0.2, 0.25) is 5.91 Å². The Morgan fingerprint density at radius 1 is 1.07 bits per heavy atom. The number of aromatic nitrogens is 4. The Labute approximate surface area is 171 Å². The lowest BCUT2D eigenvalue weighted by molar-refractivity contribution is -0.114. The summed E-state index contributed by atoms with van der Waals surface area (Å²) < 4.78 is 27.0. The monoisotopic (exact) mass is 434 g/mol. The number of anilines is 4. The number of rotatable bonds is 9. The maximum absolute atomic E-state index is 12.2. The second-order valence-corrected chi connectivity index (χ2v) is 8.68. The molecule has 3 heterocycles. The molecule has 3 rings (SSSR count). The molecule has 4 N–H and O–H groups in total. The highest BCUT2D eigenvalue weighted by Gasteiger charge is 2.17. The number of pyridine rings is 1. The topological polar surface area (TPSA) is 151 Å². The van der Waals surface area contributed by atoms with E-state index >= 15 is 0 Å². The molecule has 1 amide bonds. The molecule has 0 aromatic carbocycles. The predicted octanol–water partition coefficient (Wildman–Crippen LogP) is 1.42. The van der Waals surface area contributed by atoms with Crippen molar-refractivity contribution in [2.24, 2.45) is 0 Å². The Bertz CT molecular complexity index is 1060. The van der Waals surface area contributed by atoms with E-state index in [1.54, 1.807) is 24.5 Å². The molecule has 3 aromatic heterocycles. The van der Waals surface area contributed by atoms with Crippen molar-refractivity contribution in [3.63, 3.8) is 0 Å². The lowest BCUT2D eigenvalue weighted by Gasteiger charge is -2.08. The fourth-order valence-electron chi connectivity index (χ4n) is 2.12. The average Bonchev–Trinajstić information content (AvgIpc) is 3.16. The quantitative estimate of drug-likeness (QED) is 0.366. The van der Waals surface area contributed by atoms with Gasteiger partial charge in [-0.05, 0) is 24.3 Å². The van der Waals surface area contributed by atoms with E-state index in [1.807, 2.05) is 12.1 Å². The zero-order valence-corrected chi connectivity index (χ0v) is 16.9. The van der Waals surface area contributed by atoms with Gasteiger partial charge in [-0.25, -0.2) is 18.1 Å². The highest BCUT2D eigenvalue weighted by atomic mass is 32.2. The number of carbonyl (C=O) groups is 1. The van der Waals surface area contributed by atoms with Crippen molar-refractivity contribution in [3.8, 4) is 0 Å². The Kier molecular flexibility index (Phi) is 6.64. The van der Waals surface area contributed by atoms with E-state index in [2.05, 4.69) is 40.8 Å². The van der Waals surface area contributed by atoms with Gasteiger partial charge in [0.25, 0.3) is 10.0 Å². The number of hydrogen-bond acceptors (Lipinski definition) is 10. The third-order valence-corrected chi connectivity index (χ3v) is 6.21. The van der Waals surface area contributed by atoms with Gasteiger partial charge in [0, 0.05) is 38.1 Å². The summed E-state index contributed by atoms with van der Waals surface area (Å²) in [4.78, 5) is 18.8. The first-order valence-corrected chi connectivity index (χ1v) is 10.7. The Morgan fingerprint density at radius 3 is 2.48 bits per heavy atom. The van der Waals surface area contributed by atoms with E-state index in [1.165, 1.54) is 13.1 Å². The van der Waals surface area contributed by atoms with Crippen molar-refractivity contribution in [2.75, 3.05) is 29.0 Å². The second-order valence-electron chi connectivity index (χ2n) is 5.65. The van der Waals surface area contributed by atoms with Gasteiger partial charge in [-0.2, -0.15) is 0 Å². The molecule has 0 aliphatic carbocycles. The van der Waals surface area contributed by atoms with Crippen molar-refractivity contribution in [1.82, 2.24) is 24.9 Å². The summed E-state index contributed by atoms with van der Waals surface area (Å²) in [5, 5.41) is 16.8. The summed E-state index contributed by atoms with van der Waals surface area (Å²) in [6.45, 7) is 1.76. The first-order chi connectivity index (χ1) is 13.9. The SMILES string of the molecule is CC(=O)Nc1ncc(S(=O)(=O)NCCNc2ccc(Nc3ccncc3)nn2)s1. The summed E-state index contributed by atoms with van der Waals surface area (Å²) in [7, 11) is -3.71. The number of amides is 1. The molecule has 29 heavy (non-hydrogen) atoms. The number of nitrogens with zero attached hydrogens (tertiary/aromatic N) is 4. The van der Waals surface area contributed by atoms with E-state index in [9.17, 15) is 13.2 Å². The minimum absolute atomic E-state index is 0.0209. The van der Waals surface area contributed by atoms with Crippen LogP contribution in [-0.2, 0) is 14.8 Å².